The lowest BCUT2D eigenvalue weighted by Crippen LogP contribution is -2.00. The van der Waals surface area contributed by atoms with Crippen LogP contribution in [-0.4, -0.2) is 6.61 Å². The summed E-state index contributed by atoms with van der Waals surface area (Å²) in [6.07, 6.45) is 7.76. The van der Waals surface area contributed by atoms with Crippen molar-refractivity contribution in [1.82, 2.24) is 0 Å². The third kappa shape index (κ3) is 7.72. The molecule has 0 fully saturated rings. The van der Waals surface area contributed by atoms with E-state index in [2.05, 4.69) is 54.7 Å². The van der Waals surface area contributed by atoms with Gasteiger partial charge >= 0.3 is 0 Å². The third-order valence-corrected chi connectivity index (χ3v) is 4.32. The Bertz CT molecular complexity index is 343. The molecule has 4 heteroatoms. The minimum atomic E-state index is -0.342. The molecule has 0 amide bonds. The van der Waals surface area contributed by atoms with Gasteiger partial charge in [0.2, 0.25) is 0 Å². The van der Waals surface area contributed by atoms with Crippen molar-refractivity contribution in [1.29, 1.82) is 0 Å². The molecule has 0 saturated heterocycles. The van der Waals surface area contributed by atoms with Crippen molar-refractivity contribution in [2.24, 2.45) is 0 Å². The van der Waals surface area contributed by atoms with Gasteiger partial charge in [0, 0.05) is 0 Å². The SMILES string of the molecule is CCCCCCCCOc1ccc(C(Br)(Br)Br)cc1. The van der Waals surface area contributed by atoms with Crippen LogP contribution in [-0.2, 0) is 2.14 Å². The second-order valence-electron chi connectivity index (χ2n) is 4.64. The van der Waals surface area contributed by atoms with Gasteiger partial charge in [0.1, 0.15) is 5.75 Å². The quantitative estimate of drug-likeness (QED) is 0.311. The zero-order valence-corrected chi connectivity index (χ0v) is 16.1. The second kappa shape index (κ2) is 9.41. The number of benzene rings is 1. The Hall–Kier alpha value is 0.460. The molecule has 1 rings (SSSR count). The van der Waals surface area contributed by atoms with Crippen molar-refractivity contribution in [2.75, 3.05) is 6.61 Å². The van der Waals surface area contributed by atoms with Gasteiger partial charge in [-0.2, -0.15) is 0 Å². The smallest absolute Gasteiger partial charge is 0.159 e. The molecular formula is C15H21Br3O. The fourth-order valence-corrected chi connectivity index (χ4v) is 2.61. The largest absolute Gasteiger partial charge is 0.494 e. The first-order valence-electron chi connectivity index (χ1n) is 6.84. The van der Waals surface area contributed by atoms with E-state index in [1.54, 1.807) is 0 Å². The van der Waals surface area contributed by atoms with Crippen LogP contribution in [0.3, 0.4) is 0 Å². The Morgan fingerprint density at radius 3 is 2.05 bits per heavy atom. The summed E-state index contributed by atoms with van der Waals surface area (Å²) >= 11 is 10.5. The van der Waals surface area contributed by atoms with Crippen LogP contribution in [0.4, 0.5) is 0 Å². The average Bonchev–Trinajstić information content (AvgIpc) is 2.37. The predicted molar refractivity (Wildman–Crippen MR) is 93.8 cm³/mol. The Balaban J connectivity index is 2.20. The molecule has 1 aromatic carbocycles. The number of unbranched alkanes of at least 4 members (excludes halogenated alkanes) is 5. The molecule has 0 atom stereocenters. The number of rotatable bonds is 8. The summed E-state index contributed by atoms with van der Waals surface area (Å²) in [5.74, 6) is 0.939. The standard InChI is InChI=1S/C15H21Br3O/c1-2-3-4-5-6-7-12-19-14-10-8-13(9-11-14)15(16,17)18/h8-11H,2-7,12H2,1H3. The van der Waals surface area contributed by atoms with Crippen LogP contribution in [0.15, 0.2) is 24.3 Å². The molecule has 0 aliphatic heterocycles. The molecule has 0 unspecified atom stereocenters. The van der Waals surface area contributed by atoms with Gasteiger partial charge < -0.3 is 4.74 Å². The molecule has 0 aromatic heterocycles. The maximum atomic E-state index is 5.73. The maximum absolute atomic E-state index is 5.73. The summed E-state index contributed by atoms with van der Waals surface area (Å²) < 4.78 is 5.39. The van der Waals surface area contributed by atoms with Crippen LogP contribution in [0.5, 0.6) is 5.75 Å². The van der Waals surface area contributed by atoms with Gasteiger partial charge in [-0.15, -0.1) is 0 Å². The summed E-state index contributed by atoms with van der Waals surface area (Å²) in [6, 6.07) is 8.08. The van der Waals surface area contributed by atoms with E-state index in [1.807, 2.05) is 24.3 Å². The van der Waals surface area contributed by atoms with E-state index in [0.29, 0.717) is 0 Å². The molecule has 1 aromatic rings. The van der Waals surface area contributed by atoms with E-state index in [0.717, 1.165) is 24.3 Å². The lowest BCUT2D eigenvalue weighted by Gasteiger charge is -2.13. The number of halogens is 3. The molecular weight excluding hydrogens is 436 g/mol. The van der Waals surface area contributed by atoms with E-state index in [-0.39, 0.29) is 2.14 Å². The van der Waals surface area contributed by atoms with Gasteiger partial charge in [0.15, 0.2) is 2.14 Å². The Kier molecular flexibility index (Phi) is 8.67. The second-order valence-corrected chi connectivity index (χ2v) is 11.4. The van der Waals surface area contributed by atoms with Gasteiger partial charge in [0.25, 0.3) is 0 Å². The molecule has 0 spiro atoms. The molecule has 0 N–H and O–H groups in total. The van der Waals surface area contributed by atoms with E-state index in [4.69, 9.17) is 4.74 Å². The fourth-order valence-electron chi connectivity index (χ4n) is 1.81. The highest BCUT2D eigenvalue weighted by atomic mass is 80.0. The first kappa shape index (κ1) is 17.5. The molecule has 0 heterocycles. The van der Waals surface area contributed by atoms with E-state index >= 15 is 0 Å². The Labute approximate surface area is 141 Å². The lowest BCUT2D eigenvalue weighted by atomic mass is 10.1. The van der Waals surface area contributed by atoms with Crippen LogP contribution < -0.4 is 4.74 Å². The minimum absolute atomic E-state index is 0.342. The van der Waals surface area contributed by atoms with Crippen LogP contribution >= 0.6 is 47.8 Å². The van der Waals surface area contributed by atoms with E-state index in [9.17, 15) is 0 Å². The van der Waals surface area contributed by atoms with Crippen LogP contribution in [0.2, 0.25) is 0 Å². The summed E-state index contributed by atoms with van der Waals surface area (Å²) in [6.45, 7) is 3.06. The maximum Gasteiger partial charge on any atom is 0.159 e. The zero-order valence-electron chi connectivity index (χ0n) is 11.3. The summed E-state index contributed by atoms with van der Waals surface area (Å²) in [4.78, 5) is 0. The first-order valence-corrected chi connectivity index (χ1v) is 9.22. The van der Waals surface area contributed by atoms with Crippen LogP contribution in [0, 0.1) is 0 Å². The molecule has 0 radical (unpaired) electrons. The van der Waals surface area contributed by atoms with Crippen molar-refractivity contribution in [3.05, 3.63) is 29.8 Å². The Morgan fingerprint density at radius 1 is 0.895 bits per heavy atom. The highest BCUT2D eigenvalue weighted by Crippen LogP contribution is 2.44. The van der Waals surface area contributed by atoms with Crippen molar-refractivity contribution in [2.45, 2.75) is 47.6 Å². The molecule has 0 aliphatic rings. The number of ether oxygens (including phenoxy) is 1. The van der Waals surface area contributed by atoms with Crippen LogP contribution in [0.25, 0.3) is 0 Å². The highest BCUT2D eigenvalue weighted by molar-refractivity contribution is 9.38. The normalized spacial score (nSPS) is 11.6. The summed E-state index contributed by atoms with van der Waals surface area (Å²) in [5, 5.41) is 0. The molecule has 0 aliphatic carbocycles. The number of hydrogen-bond donors (Lipinski definition) is 0. The predicted octanol–water partition coefficient (Wildman–Crippen LogP) is 6.72. The van der Waals surface area contributed by atoms with Crippen molar-refractivity contribution < 1.29 is 4.74 Å². The molecule has 1 nitrogen and oxygen atoms in total. The van der Waals surface area contributed by atoms with Gasteiger partial charge in [-0.1, -0.05) is 99.0 Å². The topological polar surface area (TPSA) is 9.23 Å². The Morgan fingerprint density at radius 2 is 1.47 bits per heavy atom. The van der Waals surface area contributed by atoms with E-state index in [1.165, 1.54) is 32.1 Å². The molecule has 108 valence electrons. The minimum Gasteiger partial charge on any atom is -0.494 e. The molecule has 19 heavy (non-hydrogen) atoms. The van der Waals surface area contributed by atoms with Gasteiger partial charge in [-0.3, -0.25) is 0 Å². The number of alkyl halides is 3. The van der Waals surface area contributed by atoms with E-state index < -0.39 is 0 Å². The van der Waals surface area contributed by atoms with Gasteiger partial charge in [0.05, 0.1) is 6.61 Å². The fraction of sp³-hybridized carbons (Fsp3) is 0.600. The van der Waals surface area contributed by atoms with Crippen molar-refractivity contribution in [3.8, 4) is 5.75 Å². The first-order chi connectivity index (χ1) is 9.04. The van der Waals surface area contributed by atoms with Gasteiger partial charge in [-0.25, -0.2) is 0 Å². The monoisotopic (exact) mass is 454 g/mol. The highest BCUT2D eigenvalue weighted by Gasteiger charge is 2.20. The lowest BCUT2D eigenvalue weighted by molar-refractivity contribution is 0.304. The van der Waals surface area contributed by atoms with Crippen molar-refractivity contribution >= 4 is 47.8 Å². The molecule has 0 bridgehead atoms. The molecule has 0 saturated carbocycles. The number of hydrogen-bond acceptors (Lipinski definition) is 1. The van der Waals surface area contributed by atoms with Crippen LogP contribution in [0.1, 0.15) is 51.0 Å². The van der Waals surface area contributed by atoms with Crippen molar-refractivity contribution in [3.63, 3.8) is 0 Å². The summed E-state index contributed by atoms with van der Waals surface area (Å²) in [5.41, 5.74) is 1.11. The zero-order chi connectivity index (χ0) is 14.1. The van der Waals surface area contributed by atoms with Gasteiger partial charge in [-0.05, 0) is 24.1 Å². The third-order valence-electron chi connectivity index (χ3n) is 2.95. The average molecular weight is 457 g/mol. The summed E-state index contributed by atoms with van der Waals surface area (Å²) in [7, 11) is 0.